The van der Waals surface area contributed by atoms with Crippen molar-refractivity contribution in [1.82, 2.24) is 30.0 Å². The molecule has 0 unspecified atom stereocenters. The first-order chi connectivity index (χ1) is 14.5. The molecule has 0 radical (unpaired) electrons. The van der Waals surface area contributed by atoms with Gasteiger partial charge in [0.05, 0.1) is 6.54 Å². The minimum Gasteiger partial charge on any atom is -0.475 e. The molecule has 0 atom stereocenters. The van der Waals surface area contributed by atoms with Crippen LogP contribution >= 0.6 is 0 Å². The van der Waals surface area contributed by atoms with Gasteiger partial charge >= 0.3 is 0 Å². The van der Waals surface area contributed by atoms with Gasteiger partial charge in [-0.05, 0) is 18.2 Å². The van der Waals surface area contributed by atoms with Crippen LogP contribution in [0.5, 0.6) is 5.88 Å². The molecule has 0 aliphatic carbocycles. The maximum Gasteiger partial charge on any atom is 0.240 e. The number of fused-ring (bicyclic) bond motifs is 1. The molecule has 1 aromatic carbocycles. The van der Waals surface area contributed by atoms with Crippen LogP contribution in [0, 0.1) is 5.82 Å². The standard InChI is InChI=1S/C19H17FN6O4/c20-13-3-1-2-12(10-13)19-23-22-14-4-5-16(24-26(14)19)30-9-8-21-15(27)11-25-17(28)6-7-18(25)29/h1-5,10H,6-9,11H2,(H,21,27). The number of carbonyl (C=O) groups excluding carboxylic acids is 3. The summed E-state index contributed by atoms with van der Waals surface area (Å²) >= 11 is 0. The van der Waals surface area contributed by atoms with Gasteiger partial charge in [-0.2, -0.15) is 4.52 Å². The van der Waals surface area contributed by atoms with E-state index in [1.807, 2.05) is 0 Å². The lowest BCUT2D eigenvalue weighted by atomic mass is 10.2. The Morgan fingerprint density at radius 1 is 1.13 bits per heavy atom. The molecule has 1 saturated heterocycles. The molecule has 1 aliphatic rings. The summed E-state index contributed by atoms with van der Waals surface area (Å²) in [5.41, 5.74) is 0.986. The summed E-state index contributed by atoms with van der Waals surface area (Å²) in [4.78, 5) is 35.9. The van der Waals surface area contributed by atoms with Gasteiger partial charge in [0.2, 0.25) is 23.6 Å². The number of halogens is 1. The molecule has 3 heterocycles. The molecule has 30 heavy (non-hydrogen) atoms. The number of ether oxygens (including phenoxy) is 1. The largest absolute Gasteiger partial charge is 0.475 e. The molecule has 2 aromatic heterocycles. The van der Waals surface area contributed by atoms with Gasteiger partial charge in [-0.1, -0.05) is 12.1 Å². The molecule has 3 aromatic rings. The second-order valence-corrected chi connectivity index (χ2v) is 6.55. The number of nitrogens with one attached hydrogen (secondary N) is 1. The van der Waals surface area contributed by atoms with Gasteiger partial charge < -0.3 is 10.1 Å². The van der Waals surface area contributed by atoms with Crippen LogP contribution in [0.2, 0.25) is 0 Å². The zero-order chi connectivity index (χ0) is 21.1. The zero-order valence-corrected chi connectivity index (χ0v) is 15.7. The third kappa shape index (κ3) is 4.09. The number of hydrogen-bond acceptors (Lipinski definition) is 7. The predicted molar refractivity (Wildman–Crippen MR) is 101 cm³/mol. The number of aromatic nitrogens is 4. The van der Waals surface area contributed by atoms with Crippen molar-refractivity contribution < 1.29 is 23.5 Å². The maximum absolute atomic E-state index is 13.5. The highest BCUT2D eigenvalue weighted by atomic mass is 19.1. The molecular formula is C19H17FN6O4. The summed E-state index contributed by atoms with van der Waals surface area (Å²) in [6.45, 7) is -0.0170. The van der Waals surface area contributed by atoms with Gasteiger partial charge in [0.15, 0.2) is 11.5 Å². The molecule has 11 heteroatoms. The Labute approximate surface area is 169 Å². The lowest BCUT2D eigenvalue weighted by molar-refractivity contribution is -0.142. The number of likely N-dealkylation sites (tertiary alicyclic amines) is 1. The monoisotopic (exact) mass is 412 g/mol. The van der Waals surface area contributed by atoms with E-state index in [-0.39, 0.29) is 50.2 Å². The van der Waals surface area contributed by atoms with E-state index in [0.717, 1.165) is 4.90 Å². The van der Waals surface area contributed by atoms with E-state index in [9.17, 15) is 18.8 Å². The average molecular weight is 412 g/mol. The molecule has 0 saturated carbocycles. The second-order valence-electron chi connectivity index (χ2n) is 6.55. The molecular weight excluding hydrogens is 395 g/mol. The van der Waals surface area contributed by atoms with Crippen molar-refractivity contribution in [3.63, 3.8) is 0 Å². The van der Waals surface area contributed by atoms with Crippen molar-refractivity contribution in [3.8, 4) is 17.3 Å². The van der Waals surface area contributed by atoms with Crippen molar-refractivity contribution in [2.75, 3.05) is 19.7 Å². The Morgan fingerprint density at radius 2 is 1.93 bits per heavy atom. The van der Waals surface area contributed by atoms with E-state index in [1.54, 1.807) is 24.3 Å². The molecule has 4 rings (SSSR count). The topological polar surface area (TPSA) is 119 Å². The van der Waals surface area contributed by atoms with E-state index in [4.69, 9.17) is 4.74 Å². The maximum atomic E-state index is 13.5. The van der Waals surface area contributed by atoms with Crippen LogP contribution in [0.3, 0.4) is 0 Å². The molecule has 0 bridgehead atoms. The highest BCUT2D eigenvalue weighted by Gasteiger charge is 2.30. The van der Waals surface area contributed by atoms with Crippen LogP contribution in [0.25, 0.3) is 17.0 Å². The summed E-state index contributed by atoms with van der Waals surface area (Å²) in [5, 5.41) is 14.9. The van der Waals surface area contributed by atoms with Crippen molar-refractivity contribution >= 4 is 23.4 Å². The van der Waals surface area contributed by atoms with Crippen LogP contribution in [0.1, 0.15) is 12.8 Å². The van der Waals surface area contributed by atoms with Gasteiger partial charge in [-0.3, -0.25) is 19.3 Å². The molecule has 3 amide bonds. The van der Waals surface area contributed by atoms with Gasteiger partial charge in [-0.15, -0.1) is 15.3 Å². The van der Waals surface area contributed by atoms with E-state index >= 15 is 0 Å². The predicted octanol–water partition coefficient (Wildman–Crippen LogP) is 0.574. The van der Waals surface area contributed by atoms with E-state index < -0.39 is 11.7 Å². The minimum absolute atomic E-state index is 0.115. The van der Waals surface area contributed by atoms with E-state index in [1.165, 1.54) is 16.6 Å². The third-order valence-corrected chi connectivity index (χ3v) is 4.45. The number of rotatable bonds is 7. The first-order valence-corrected chi connectivity index (χ1v) is 9.22. The fourth-order valence-electron chi connectivity index (χ4n) is 3.00. The molecule has 154 valence electrons. The summed E-state index contributed by atoms with van der Waals surface area (Å²) in [6, 6.07) is 9.18. The van der Waals surface area contributed by atoms with Gasteiger partial charge in [0.25, 0.3) is 0 Å². The van der Waals surface area contributed by atoms with Crippen molar-refractivity contribution in [2.24, 2.45) is 0 Å². The first kappa shape index (κ1) is 19.4. The Balaban J connectivity index is 1.34. The van der Waals surface area contributed by atoms with Crippen LogP contribution in [-0.2, 0) is 14.4 Å². The van der Waals surface area contributed by atoms with E-state index in [0.29, 0.717) is 17.0 Å². The quantitative estimate of drug-likeness (QED) is 0.445. The van der Waals surface area contributed by atoms with Crippen molar-refractivity contribution in [2.45, 2.75) is 12.8 Å². The van der Waals surface area contributed by atoms with Crippen LogP contribution in [-0.4, -0.2) is 62.1 Å². The lowest BCUT2D eigenvalue weighted by Crippen LogP contribution is -2.41. The van der Waals surface area contributed by atoms with Gasteiger partial charge in [-0.25, -0.2) is 4.39 Å². The number of benzene rings is 1. The molecule has 1 aliphatic heterocycles. The molecule has 1 fully saturated rings. The van der Waals surface area contributed by atoms with Gasteiger partial charge in [0.1, 0.15) is 19.0 Å². The number of hydrogen-bond donors (Lipinski definition) is 1. The Hall–Kier alpha value is -3.89. The SMILES string of the molecule is O=C(CN1C(=O)CCC1=O)NCCOc1ccc2nnc(-c3cccc(F)c3)n2n1. The number of nitrogens with zero attached hydrogens (tertiary/aromatic N) is 5. The number of carbonyl (C=O) groups is 3. The van der Waals surface area contributed by atoms with Crippen LogP contribution in [0.4, 0.5) is 4.39 Å². The van der Waals surface area contributed by atoms with Crippen LogP contribution < -0.4 is 10.1 Å². The lowest BCUT2D eigenvalue weighted by Gasteiger charge is -2.13. The summed E-state index contributed by atoms with van der Waals surface area (Å²) < 4.78 is 20.5. The van der Waals surface area contributed by atoms with E-state index in [2.05, 4.69) is 20.6 Å². The fraction of sp³-hybridized carbons (Fsp3) is 0.263. The molecule has 0 spiro atoms. The summed E-state index contributed by atoms with van der Waals surface area (Å²) in [7, 11) is 0. The summed E-state index contributed by atoms with van der Waals surface area (Å²) in [5.74, 6) is -0.899. The Morgan fingerprint density at radius 3 is 2.70 bits per heavy atom. The van der Waals surface area contributed by atoms with Crippen molar-refractivity contribution in [1.29, 1.82) is 0 Å². The van der Waals surface area contributed by atoms with Gasteiger partial charge in [0, 0.05) is 24.5 Å². The summed E-state index contributed by atoms with van der Waals surface area (Å²) in [6.07, 6.45) is 0.286. The highest BCUT2D eigenvalue weighted by Crippen LogP contribution is 2.19. The fourth-order valence-corrected chi connectivity index (χ4v) is 3.00. The highest BCUT2D eigenvalue weighted by molar-refractivity contribution is 6.04. The second kappa shape index (κ2) is 8.23. The normalized spacial score (nSPS) is 13.8. The first-order valence-electron chi connectivity index (χ1n) is 9.22. The minimum atomic E-state index is -0.446. The smallest absolute Gasteiger partial charge is 0.240 e. The third-order valence-electron chi connectivity index (χ3n) is 4.45. The average Bonchev–Trinajstić information content (AvgIpc) is 3.29. The molecule has 1 N–H and O–H groups in total. The molecule has 10 nitrogen and oxygen atoms in total. The van der Waals surface area contributed by atoms with Crippen molar-refractivity contribution in [3.05, 3.63) is 42.2 Å². The number of imide groups is 1. The Bertz CT molecular complexity index is 1120. The number of amides is 3. The zero-order valence-electron chi connectivity index (χ0n) is 15.7. The Kier molecular flexibility index (Phi) is 5.33. The van der Waals surface area contributed by atoms with Crippen LogP contribution in [0.15, 0.2) is 36.4 Å².